The molecular formula is C16H13F3O2. The van der Waals surface area contributed by atoms with E-state index in [0.717, 1.165) is 6.07 Å². The summed E-state index contributed by atoms with van der Waals surface area (Å²) in [5.41, 5.74) is 0.153. The maximum atomic E-state index is 13.9. The largest absolute Gasteiger partial charge is 0.494 e. The van der Waals surface area contributed by atoms with Gasteiger partial charge in [0, 0.05) is 5.56 Å². The molecule has 0 aliphatic heterocycles. The van der Waals surface area contributed by atoms with Gasteiger partial charge in [-0.25, -0.2) is 8.78 Å². The number of hydrogen-bond acceptors (Lipinski definition) is 2. The summed E-state index contributed by atoms with van der Waals surface area (Å²) in [6.45, 7) is 3.61. The van der Waals surface area contributed by atoms with Crippen LogP contribution in [0.5, 0.6) is 11.5 Å². The number of rotatable bonds is 5. The van der Waals surface area contributed by atoms with Crippen molar-refractivity contribution in [2.24, 2.45) is 0 Å². The third-order valence-electron chi connectivity index (χ3n) is 2.87. The first kappa shape index (κ1) is 15.0. The van der Waals surface area contributed by atoms with E-state index < -0.39 is 17.5 Å². The lowest BCUT2D eigenvalue weighted by molar-refractivity contribution is 0.342. The SMILES string of the molecule is C=CCOc1ccc(-c2ccc(OC)c(F)c2F)cc1F. The average molecular weight is 294 g/mol. The number of benzene rings is 2. The number of halogens is 3. The van der Waals surface area contributed by atoms with Crippen LogP contribution in [0, 0.1) is 17.5 Å². The monoisotopic (exact) mass is 294 g/mol. The Morgan fingerprint density at radius 3 is 2.38 bits per heavy atom. The molecule has 110 valence electrons. The Labute approximate surface area is 120 Å². The van der Waals surface area contributed by atoms with Gasteiger partial charge in [-0.05, 0) is 29.8 Å². The van der Waals surface area contributed by atoms with Gasteiger partial charge in [0.1, 0.15) is 6.61 Å². The molecule has 0 saturated carbocycles. The zero-order valence-electron chi connectivity index (χ0n) is 11.3. The molecule has 0 atom stereocenters. The summed E-state index contributed by atoms with van der Waals surface area (Å²) in [6, 6.07) is 6.51. The van der Waals surface area contributed by atoms with Crippen molar-refractivity contribution < 1.29 is 22.6 Å². The fourth-order valence-corrected chi connectivity index (χ4v) is 1.85. The molecule has 0 unspecified atom stereocenters. The average Bonchev–Trinajstić information content (AvgIpc) is 2.49. The fraction of sp³-hybridized carbons (Fsp3) is 0.125. The summed E-state index contributed by atoms with van der Waals surface area (Å²) >= 11 is 0. The fourth-order valence-electron chi connectivity index (χ4n) is 1.85. The highest BCUT2D eigenvalue weighted by Gasteiger charge is 2.16. The van der Waals surface area contributed by atoms with E-state index in [1.807, 2.05) is 0 Å². The van der Waals surface area contributed by atoms with Crippen molar-refractivity contribution in [3.63, 3.8) is 0 Å². The van der Waals surface area contributed by atoms with E-state index in [0.29, 0.717) is 0 Å². The highest BCUT2D eigenvalue weighted by molar-refractivity contribution is 5.66. The van der Waals surface area contributed by atoms with Gasteiger partial charge in [-0.2, -0.15) is 4.39 Å². The standard InChI is InChI=1S/C16H13F3O2/c1-3-8-21-13-6-4-10(9-12(13)17)11-5-7-14(20-2)16(19)15(11)18/h3-7,9H,1,8H2,2H3. The van der Waals surface area contributed by atoms with Crippen LogP contribution in [0.4, 0.5) is 13.2 Å². The Bertz CT molecular complexity index is 669. The van der Waals surface area contributed by atoms with Gasteiger partial charge in [0.25, 0.3) is 0 Å². The van der Waals surface area contributed by atoms with Crippen LogP contribution in [0.2, 0.25) is 0 Å². The molecule has 2 rings (SSSR count). The molecule has 0 heterocycles. The van der Waals surface area contributed by atoms with Crippen LogP contribution in [0.25, 0.3) is 11.1 Å². The van der Waals surface area contributed by atoms with Crippen LogP contribution in [0.15, 0.2) is 43.0 Å². The summed E-state index contributed by atoms with van der Waals surface area (Å²) in [7, 11) is 1.24. The van der Waals surface area contributed by atoms with Gasteiger partial charge < -0.3 is 9.47 Å². The Kier molecular flexibility index (Phi) is 4.52. The summed E-state index contributed by atoms with van der Waals surface area (Å²) in [6.07, 6.45) is 1.48. The molecule has 0 fully saturated rings. The van der Waals surface area contributed by atoms with Gasteiger partial charge in [0.15, 0.2) is 23.1 Å². The molecule has 0 N–H and O–H groups in total. The lowest BCUT2D eigenvalue weighted by atomic mass is 10.0. The van der Waals surface area contributed by atoms with E-state index in [-0.39, 0.29) is 29.2 Å². The van der Waals surface area contributed by atoms with Crippen molar-refractivity contribution in [3.05, 3.63) is 60.4 Å². The lowest BCUT2D eigenvalue weighted by Gasteiger charge is -2.10. The second-order valence-corrected chi connectivity index (χ2v) is 4.19. The lowest BCUT2D eigenvalue weighted by Crippen LogP contribution is -1.97. The summed E-state index contributed by atoms with van der Waals surface area (Å²) in [5, 5.41) is 0. The molecule has 0 aliphatic carbocycles. The smallest absolute Gasteiger partial charge is 0.201 e. The van der Waals surface area contributed by atoms with Gasteiger partial charge >= 0.3 is 0 Å². The zero-order valence-corrected chi connectivity index (χ0v) is 11.3. The maximum absolute atomic E-state index is 13.9. The van der Waals surface area contributed by atoms with E-state index in [4.69, 9.17) is 4.74 Å². The van der Waals surface area contributed by atoms with Gasteiger partial charge in [-0.15, -0.1) is 0 Å². The Morgan fingerprint density at radius 2 is 1.76 bits per heavy atom. The summed E-state index contributed by atoms with van der Waals surface area (Å²) in [5.74, 6) is -3.04. The van der Waals surface area contributed by atoms with Gasteiger partial charge in [-0.3, -0.25) is 0 Å². The topological polar surface area (TPSA) is 18.5 Å². The van der Waals surface area contributed by atoms with Crippen molar-refractivity contribution in [1.29, 1.82) is 0 Å². The van der Waals surface area contributed by atoms with Crippen LogP contribution in [0.3, 0.4) is 0 Å². The summed E-state index contributed by atoms with van der Waals surface area (Å²) in [4.78, 5) is 0. The van der Waals surface area contributed by atoms with Gasteiger partial charge in [0.2, 0.25) is 5.82 Å². The molecule has 0 bridgehead atoms. The quantitative estimate of drug-likeness (QED) is 0.763. The van der Waals surface area contributed by atoms with Gasteiger partial charge in [0.05, 0.1) is 7.11 Å². The van der Waals surface area contributed by atoms with E-state index >= 15 is 0 Å². The summed E-state index contributed by atoms with van der Waals surface area (Å²) < 4.78 is 51.2. The van der Waals surface area contributed by atoms with Crippen molar-refractivity contribution in [2.45, 2.75) is 0 Å². The van der Waals surface area contributed by atoms with Crippen molar-refractivity contribution in [2.75, 3.05) is 13.7 Å². The minimum absolute atomic E-state index is 0.0213. The molecule has 2 nitrogen and oxygen atoms in total. The van der Waals surface area contributed by atoms with E-state index in [1.165, 1.54) is 37.5 Å². The predicted octanol–water partition coefficient (Wildman–Crippen LogP) is 4.34. The van der Waals surface area contributed by atoms with Crippen LogP contribution in [0.1, 0.15) is 0 Å². The molecule has 2 aromatic carbocycles. The van der Waals surface area contributed by atoms with Crippen LogP contribution in [-0.4, -0.2) is 13.7 Å². The minimum Gasteiger partial charge on any atom is -0.494 e. The highest BCUT2D eigenvalue weighted by Crippen LogP contribution is 2.31. The Balaban J connectivity index is 2.41. The van der Waals surface area contributed by atoms with Crippen molar-refractivity contribution in [3.8, 4) is 22.6 Å². The second-order valence-electron chi connectivity index (χ2n) is 4.19. The Morgan fingerprint density at radius 1 is 1.05 bits per heavy atom. The first-order valence-electron chi connectivity index (χ1n) is 6.14. The molecular weight excluding hydrogens is 281 g/mol. The highest BCUT2D eigenvalue weighted by atomic mass is 19.2. The number of ether oxygens (including phenoxy) is 2. The first-order valence-corrected chi connectivity index (χ1v) is 6.14. The molecule has 0 radical (unpaired) electrons. The molecule has 0 aliphatic rings. The normalized spacial score (nSPS) is 10.3. The van der Waals surface area contributed by atoms with Crippen LogP contribution < -0.4 is 9.47 Å². The first-order chi connectivity index (χ1) is 10.1. The minimum atomic E-state index is -1.11. The van der Waals surface area contributed by atoms with E-state index in [9.17, 15) is 13.2 Å². The predicted molar refractivity (Wildman–Crippen MR) is 74.0 cm³/mol. The molecule has 0 spiro atoms. The second kappa shape index (κ2) is 6.35. The van der Waals surface area contributed by atoms with Gasteiger partial charge in [-0.1, -0.05) is 18.7 Å². The van der Waals surface area contributed by atoms with Crippen LogP contribution in [-0.2, 0) is 0 Å². The van der Waals surface area contributed by atoms with E-state index in [1.54, 1.807) is 0 Å². The molecule has 5 heteroatoms. The third-order valence-corrected chi connectivity index (χ3v) is 2.87. The molecule has 2 aromatic rings. The van der Waals surface area contributed by atoms with Crippen molar-refractivity contribution in [1.82, 2.24) is 0 Å². The van der Waals surface area contributed by atoms with E-state index in [2.05, 4.69) is 11.3 Å². The molecule has 0 amide bonds. The number of hydrogen-bond donors (Lipinski definition) is 0. The zero-order chi connectivity index (χ0) is 15.4. The maximum Gasteiger partial charge on any atom is 0.201 e. The van der Waals surface area contributed by atoms with Crippen LogP contribution >= 0.6 is 0 Å². The number of methoxy groups -OCH3 is 1. The molecule has 0 saturated heterocycles. The third kappa shape index (κ3) is 3.02. The van der Waals surface area contributed by atoms with Crippen molar-refractivity contribution >= 4 is 0 Å². The Hall–Kier alpha value is -2.43. The molecule has 21 heavy (non-hydrogen) atoms. The molecule has 0 aromatic heterocycles.